The number of primary amides is 1. The molecule has 0 unspecified atom stereocenters. The monoisotopic (exact) mass is 484 g/mol. The third-order valence-electron chi connectivity index (χ3n) is 6.16. The number of ether oxygens (including phenoxy) is 1. The second kappa shape index (κ2) is 11.5. The Bertz CT molecular complexity index is 1330. The van der Waals surface area contributed by atoms with Crippen molar-refractivity contribution in [2.24, 2.45) is 12.8 Å². The zero-order valence-corrected chi connectivity index (χ0v) is 20.4. The van der Waals surface area contributed by atoms with E-state index in [1.165, 1.54) is 36.8 Å². The average molecular weight is 485 g/mol. The van der Waals surface area contributed by atoms with E-state index in [1.807, 2.05) is 31.4 Å². The predicted molar refractivity (Wildman–Crippen MR) is 143 cm³/mol. The summed E-state index contributed by atoms with van der Waals surface area (Å²) in [4.78, 5) is 15.0. The molecule has 6 N–H and O–H groups in total. The van der Waals surface area contributed by atoms with Crippen LogP contribution in [0, 0.1) is 0 Å². The minimum absolute atomic E-state index is 0.139. The van der Waals surface area contributed by atoms with Gasteiger partial charge in [-0.2, -0.15) is 5.10 Å². The molecule has 1 saturated carbocycles. The van der Waals surface area contributed by atoms with Gasteiger partial charge in [-0.1, -0.05) is 43.2 Å². The number of hydrogen-bond acceptors (Lipinski definition) is 6. The fourth-order valence-electron chi connectivity index (χ4n) is 4.23. The van der Waals surface area contributed by atoms with E-state index >= 15 is 0 Å². The van der Waals surface area contributed by atoms with Crippen LogP contribution in [0.3, 0.4) is 0 Å². The normalized spacial score (nSPS) is 13.2. The standard InChI is InChI=1S/C18H21NO.C10H11N5O/c19-17-8-4-7-16(12-17)15-6-3-5-14(11-15)13-20-18-9-1-2-10-18;1-15-5-7(4-14-15)6-2-8(10(12)16)9(11)13-3-6/h3-8,11-12,18H,1-2,9-10,13,19H2;2-5H,1H3,(H2,11,13)(H2,12,16). The van der Waals surface area contributed by atoms with Gasteiger partial charge in [-0.15, -0.1) is 0 Å². The highest BCUT2D eigenvalue weighted by molar-refractivity contribution is 5.98. The molecule has 2 aromatic carbocycles. The van der Waals surface area contributed by atoms with Gasteiger partial charge in [0, 0.05) is 36.3 Å². The second-order valence-corrected chi connectivity index (χ2v) is 8.97. The Kier molecular flexibility index (Phi) is 7.97. The lowest BCUT2D eigenvalue weighted by atomic mass is 10.0. The molecule has 0 bridgehead atoms. The molecule has 2 aromatic heterocycles. The van der Waals surface area contributed by atoms with E-state index < -0.39 is 5.91 Å². The van der Waals surface area contributed by atoms with Crippen LogP contribution < -0.4 is 17.2 Å². The van der Waals surface area contributed by atoms with Gasteiger partial charge in [-0.25, -0.2) is 4.98 Å². The largest absolute Gasteiger partial charge is 0.399 e. The zero-order valence-electron chi connectivity index (χ0n) is 20.4. The Labute approximate surface area is 211 Å². The summed E-state index contributed by atoms with van der Waals surface area (Å²) in [5.41, 5.74) is 22.8. The van der Waals surface area contributed by atoms with Crippen LogP contribution in [0.1, 0.15) is 41.6 Å². The maximum Gasteiger partial charge on any atom is 0.252 e. The van der Waals surface area contributed by atoms with Crippen LogP contribution in [0.15, 0.2) is 73.2 Å². The predicted octanol–water partition coefficient (Wildman–Crippen LogP) is 4.56. The van der Waals surface area contributed by atoms with Crippen LogP contribution in [0.5, 0.6) is 0 Å². The van der Waals surface area contributed by atoms with Gasteiger partial charge in [0.15, 0.2) is 0 Å². The molecule has 1 aliphatic carbocycles. The fraction of sp³-hybridized carbons (Fsp3) is 0.250. The van der Waals surface area contributed by atoms with Crippen molar-refractivity contribution in [3.05, 3.63) is 84.3 Å². The van der Waals surface area contributed by atoms with Crippen molar-refractivity contribution in [1.29, 1.82) is 0 Å². The molecule has 2 heterocycles. The molecule has 8 nitrogen and oxygen atoms in total. The van der Waals surface area contributed by atoms with Crippen LogP contribution in [-0.4, -0.2) is 26.8 Å². The van der Waals surface area contributed by atoms with E-state index in [-0.39, 0.29) is 11.4 Å². The molecule has 0 radical (unpaired) electrons. The topological polar surface area (TPSA) is 135 Å². The van der Waals surface area contributed by atoms with Gasteiger partial charge in [-0.05, 0) is 53.8 Å². The highest BCUT2D eigenvalue weighted by Gasteiger charge is 2.15. The Morgan fingerprint density at radius 3 is 2.36 bits per heavy atom. The van der Waals surface area contributed by atoms with Crippen molar-refractivity contribution in [3.63, 3.8) is 0 Å². The van der Waals surface area contributed by atoms with E-state index in [9.17, 15) is 4.79 Å². The van der Waals surface area contributed by atoms with Crippen molar-refractivity contribution in [3.8, 4) is 22.3 Å². The van der Waals surface area contributed by atoms with Gasteiger partial charge in [0.05, 0.1) is 24.5 Å². The summed E-state index contributed by atoms with van der Waals surface area (Å²) in [5.74, 6) is -0.448. The number of pyridine rings is 1. The molecular weight excluding hydrogens is 452 g/mol. The summed E-state index contributed by atoms with van der Waals surface area (Å²) in [6, 6.07) is 18.2. The molecule has 186 valence electrons. The van der Waals surface area contributed by atoms with Crippen molar-refractivity contribution in [2.45, 2.75) is 38.4 Å². The van der Waals surface area contributed by atoms with Gasteiger partial charge in [0.2, 0.25) is 0 Å². The molecule has 8 heteroatoms. The molecular formula is C28H32N6O2. The number of nitrogens with two attached hydrogens (primary N) is 3. The van der Waals surface area contributed by atoms with Crippen LogP contribution in [-0.2, 0) is 18.4 Å². The third-order valence-corrected chi connectivity index (χ3v) is 6.16. The van der Waals surface area contributed by atoms with Crippen molar-refractivity contribution in [1.82, 2.24) is 14.8 Å². The van der Waals surface area contributed by atoms with E-state index in [0.717, 1.165) is 22.4 Å². The number of hydrogen-bond donors (Lipinski definition) is 3. The van der Waals surface area contributed by atoms with Crippen LogP contribution in [0.25, 0.3) is 22.3 Å². The number of aromatic nitrogens is 3. The van der Waals surface area contributed by atoms with Gasteiger partial charge in [0.1, 0.15) is 5.82 Å². The number of nitrogens with zero attached hydrogens (tertiary/aromatic N) is 3. The van der Waals surface area contributed by atoms with Crippen LogP contribution in [0.2, 0.25) is 0 Å². The van der Waals surface area contributed by atoms with Crippen LogP contribution in [0.4, 0.5) is 11.5 Å². The first-order chi connectivity index (χ1) is 17.4. The van der Waals surface area contributed by atoms with Crippen molar-refractivity contribution < 1.29 is 9.53 Å². The van der Waals surface area contributed by atoms with Gasteiger partial charge < -0.3 is 21.9 Å². The summed E-state index contributed by atoms with van der Waals surface area (Å²) in [6.45, 7) is 0.709. The fourth-order valence-corrected chi connectivity index (χ4v) is 4.23. The minimum atomic E-state index is -0.587. The zero-order chi connectivity index (χ0) is 25.5. The molecule has 5 rings (SSSR count). The molecule has 36 heavy (non-hydrogen) atoms. The lowest BCUT2D eigenvalue weighted by Gasteiger charge is -2.12. The maximum atomic E-state index is 11.1. The Morgan fingerprint density at radius 2 is 1.69 bits per heavy atom. The Hall–Kier alpha value is -4.17. The highest BCUT2D eigenvalue weighted by Crippen LogP contribution is 2.25. The molecule has 1 aliphatic rings. The number of benzene rings is 2. The SMILES string of the molecule is Cn1cc(-c2cnc(N)c(C(N)=O)c2)cn1.Nc1cccc(-c2cccc(COC3CCCC3)c2)c1. The van der Waals surface area contributed by atoms with Gasteiger partial charge >= 0.3 is 0 Å². The smallest absolute Gasteiger partial charge is 0.252 e. The number of amides is 1. The number of carbonyl (C=O) groups excluding carboxylic acids is 1. The van der Waals surface area contributed by atoms with E-state index in [0.29, 0.717) is 12.7 Å². The Morgan fingerprint density at radius 1 is 0.972 bits per heavy atom. The Balaban J connectivity index is 0.000000174. The molecule has 0 saturated heterocycles. The molecule has 0 aliphatic heterocycles. The second-order valence-electron chi connectivity index (χ2n) is 8.97. The summed E-state index contributed by atoms with van der Waals surface area (Å²) in [5, 5.41) is 4.03. The van der Waals surface area contributed by atoms with E-state index in [2.05, 4.69) is 40.4 Å². The summed E-state index contributed by atoms with van der Waals surface area (Å²) < 4.78 is 7.64. The quantitative estimate of drug-likeness (QED) is 0.343. The first kappa shape index (κ1) is 24.9. The highest BCUT2D eigenvalue weighted by atomic mass is 16.5. The third kappa shape index (κ3) is 6.49. The number of anilines is 2. The van der Waals surface area contributed by atoms with Crippen molar-refractivity contribution in [2.75, 3.05) is 11.5 Å². The number of carbonyl (C=O) groups is 1. The van der Waals surface area contributed by atoms with E-state index in [4.69, 9.17) is 21.9 Å². The summed E-state index contributed by atoms with van der Waals surface area (Å²) in [7, 11) is 1.81. The molecule has 4 aromatic rings. The minimum Gasteiger partial charge on any atom is -0.399 e. The number of rotatable bonds is 6. The van der Waals surface area contributed by atoms with Gasteiger partial charge in [-0.3, -0.25) is 9.48 Å². The number of aryl methyl sites for hydroxylation is 1. The molecule has 0 spiro atoms. The maximum absolute atomic E-state index is 11.1. The van der Waals surface area contributed by atoms with Gasteiger partial charge in [0.25, 0.3) is 5.91 Å². The van der Waals surface area contributed by atoms with Crippen molar-refractivity contribution >= 4 is 17.4 Å². The molecule has 1 amide bonds. The molecule has 1 fully saturated rings. The first-order valence-electron chi connectivity index (χ1n) is 12.0. The van der Waals surface area contributed by atoms with Crippen LogP contribution >= 0.6 is 0 Å². The first-order valence-corrected chi connectivity index (χ1v) is 12.0. The summed E-state index contributed by atoms with van der Waals surface area (Å²) in [6.07, 6.45) is 10.6. The summed E-state index contributed by atoms with van der Waals surface area (Å²) >= 11 is 0. The number of nitrogen functional groups attached to an aromatic ring is 2. The lowest BCUT2D eigenvalue weighted by molar-refractivity contribution is 0.0457. The van der Waals surface area contributed by atoms with E-state index in [1.54, 1.807) is 23.1 Å². The average Bonchev–Trinajstić information content (AvgIpc) is 3.55. The molecule has 0 atom stereocenters. The lowest BCUT2D eigenvalue weighted by Crippen LogP contribution is -2.14.